The molecular formula is C25H27N3O4. The first kappa shape index (κ1) is 20.4. The molecule has 1 aliphatic carbocycles. The second-order valence-electron chi connectivity index (χ2n) is 8.73. The molecule has 0 saturated heterocycles. The third-order valence-electron chi connectivity index (χ3n) is 6.65. The van der Waals surface area contributed by atoms with E-state index < -0.39 is 5.54 Å². The third-order valence-corrected chi connectivity index (χ3v) is 6.65. The molecule has 166 valence electrons. The summed E-state index contributed by atoms with van der Waals surface area (Å²) in [5.74, 6) is 1.00. The van der Waals surface area contributed by atoms with Crippen LogP contribution < -0.4 is 15.0 Å². The molecular weight excluding hydrogens is 406 g/mol. The Labute approximate surface area is 187 Å². The summed E-state index contributed by atoms with van der Waals surface area (Å²) in [5, 5.41) is 3.21. The van der Waals surface area contributed by atoms with Crippen LogP contribution in [0.2, 0.25) is 0 Å². The number of amides is 2. The molecule has 1 saturated carbocycles. The van der Waals surface area contributed by atoms with Gasteiger partial charge in [-0.25, -0.2) is 0 Å². The lowest BCUT2D eigenvalue weighted by molar-refractivity contribution is -0.127. The Morgan fingerprint density at radius 1 is 1.09 bits per heavy atom. The smallest absolute Gasteiger partial charge is 0.275 e. The van der Waals surface area contributed by atoms with Gasteiger partial charge in [0.25, 0.3) is 5.91 Å². The van der Waals surface area contributed by atoms with Crippen LogP contribution in [0.3, 0.4) is 0 Å². The lowest BCUT2D eigenvalue weighted by Crippen LogP contribution is -2.65. The summed E-state index contributed by atoms with van der Waals surface area (Å²) in [6.07, 6.45) is 5.80. The lowest BCUT2D eigenvalue weighted by Gasteiger charge is -2.44. The van der Waals surface area contributed by atoms with Gasteiger partial charge in [-0.3, -0.25) is 14.5 Å². The van der Waals surface area contributed by atoms with Crippen LogP contribution in [0.15, 0.2) is 59.2 Å². The zero-order valence-corrected chi connectivity index (χ0v) is 18.3. The van der Waals surface area contributed by atoms with E-state index in [0.29, 0.717) is 29.4 Å². The SMILES string of the molecule is COc1ccc(N2C(=O)c3ccc(-c4ccco4)n3C[C@@]2(C)C(=O)NC2CCCC2)cc1. The van der Waals surface area contributed by atoms with Crippen molar-refractivity contribution in [2.75, 3.05) is 12.0 Å². The molecule has 1 aliphatic heterocycles. The monoisotopic (exact) mass is 433 g/mol. The molecule has 2 amide bonds. The molecule has 1 aromatic carbocycles. The summed E-state index contributed by atoms with van der Waals surface area (Å²) in [5.41, 5.74) is 0.861. The van der Waals surface area contributed by atoms with E-state index in [2.05, 4.69) is 5.32 Å². The van der Waals surface area contributed by atoms with Gasteiger partial charge in [0.1, 0.15) is 22.7 Å². The van der Waals surface area contributed by atoms with Crippen LogP contribution in [0.1, 0.15) is 43.1 Å². The maximum Gasteiger partial charge on any atom is 0.275 e. The van der Waals surface area contributed by atoms with Gasteiger partial charge in [0, 0.05) is 11.7 Å². The van der Waals surface area contributed by atoms with E-state index in [9.17, 15) is 9.59 Å². The number of benzene rings is 1. The number of furan rings is 1. The first-order valence-corrected chi connectivity index (χ1v) is 11.0. The number of methoxy groups -OCH3 is 1. The van der Waals surface area contributed by atoms with Crippen LogP contribution in [0.5, 0.6) is 5.75 Å². The zero-order valence-electron chi connectivity index (χ0n) is 18.3. The normalized spacial score (nSPS) is 20.9. The predicted molar refractivity (Wildman–Crippen MR) is 121 cm³/mol. The summed E-state index contributed by atoms with van der Waals surface area (Å²) < 4.78 is 12.8. The van der Waals surface area contributed by atoms with Gasteiger partial charge in [-0.05, 0) is 68.3 Å². The van der Waals surface area contributed by atoms with Crippen molar-refractivity contribution >= 4 is 17.5 Å². The first-order valence-electron chi connectivity index (χ1n) is 11.0. The number of ether oxygens (including phenoxy) is 1. The minimum atomic E-state index is -1.11. The molecule has 32 heavy (non-hydrogen) atoms. The van der Waals surface area contributed by atoms with Crippen LogP contribution in [-0.2, 0) is 11.3 Å². The van der Waals surface area contributed by atoms with Gasteiger partial charge in [-0.2, -0.15) is 0 Å². The highest BCUT2D eigenvalue weighted by Gasteiger charge is 2.49. The number of hydrogen-bond acceptors (Lipinski definition) is 4. The van der Waals surface area contributed by atoms with E-state index in [0.717, 1.165) is 31.4 Å². The molecule has 0 unspecified atom stereocenters. The molecule has 1 atom stereocenters. The molecule has 1 fully saturated rings. The highest BCUT2D eigenvalue weighted by Crippen LogP contribution is 2.37. The van der Waals surface area contributed by atoms with Crippen LogP contribution in [0.25, 0.3) is 11.5 Å². The number of rotatable bonds is 5. The summed E-state index contributed by atoms with van der Waals surface area (Å²) in [4.78, 5) is 29.1. The van der Waals surface area contributed by atoms with Gasteiger partial charge >= 0.3 is 0 Å². The van der Waals surface area contributed by atoms with Crippen molar-refractivity contribution in [1.82, 2.24) is 9.88 Å². The van der Waals surface area contributed by atoms with Gasteiger partial charge in [0.05, 0.1) is 25.6 Å². The van der Waals surface area contributed by atoms with Crippen LogP contribution in [-0.4, -0.2) is 35.1 Å². The molecule has 7 heteroatoms. The molecule has 0 radical (unpaired) electrons. The summed E-state index contributed by atoms with van der Waals surface area (Å²) >= 11 is 0. The van der Waals surface area contributed by atoms with Gasteiger partial charge in [-0.15, -0.1) is 0 Å². The van der Waals surface area contributed by atoms with Crippen molar-refractivity contribution in [3.63, 3.8) is 0 Å². The average Bonchev–Trinajstić information content (AvgIpc) is 3.56. The fraction of sp³-hybridized carbons (Fsp3) is 0.360. The molecule has 3 aromatic rings. The Kier molecular flexibility index (Phi) is 5.04. The molecule has 3 heterocycles. The Morgan fingerprint density at radius 3 is 2.47 bits per heavy atom. The number of nitrogens with zero attached hydrogens (tertiary/aromatic N) is 2. The zero-order chi connectivity index (χ0) is 22.3. The van der Waals surface area contributed by atoms with Gasteiger partial charge in [0.15, 0.2) is 0 Å². The Hall–Kier alpha value is -3.48. The predicted octanol–water partition coefficient (Wildman–Crippen LogP) is 4.23. The number of carbonyl (C=O) groups is 2. The highest BCUT2D eigenvalue weighted by atomic mass is 16.5. The number of aromatic nitrogens is 1. The highest BCUT2D eigenvalue weighted by molar-refractivity contribution is 6.12. The van der Waals surface area contributed by atoms with Gasteiger partial charge in [0.2, 0.25) is 5.91 Å². The summed E-state index contributed by atoms with van der Waals surface area (Å²) in [6.45, 7) is 2.16. The maximum absolute atomic E-state index is 13.8. The van der Waals surface area contributed by atoms with Crippen molar-refractivity contribution < 1.29 is 18.7 Å². The molecule has 2 aliphatic rings. The minimum Gasteiger partial charge on any atom is -0.497 e. The van der Waals surface area contributed by atoms with E-state index in [1.54, 1.807) is 36.5 Å². The maximum atomic E-state index is 13.8. The van der Waals surface area contributed by atoms with E-state index in [1.165, 1.54) is 0 Å². The van der Waals surface area contributed by atoms with Crippen molar-refractivity contribution in [3.05, 3.63) is 60.5 Å². The molecule has 7 nitrogen and oxygen atoms in total. The van der Waals surface area contributed by atoms with Crippen LogP contribution >= 0.6 is 0 Å². The van der Waals surface area contributed by atoms with Crippen LogP contribution in [0.4, 0.5) is 5.69 Å². The van der Waals surface area contributed by atoms with E-state index in [-0.39, 0.29) is 17.9 Å². The third kappa shape index (κ3) is 3.28. The molecule has 0 bridgehead atoms. The van der Waals surface area contributed by atoms with E-state index >= 15 is 0 Å². The standard InChI is InChI=1S/C25H27N3O4/c1-25(24(30)26-17-6-3-4-7-17)16-27-20(22-8-5-15-32-22)13-14-21(27)23(29)28(25)18-9-11-19(31-2)12-10-18/h5,8-15,17H,3-4,6-7,16H2,1-2H3,(H,26,30)/t25-/m0/s1. The number of fused-ring (bicyclic) bond motifs is 1. The van der Waals surface area contributed by atoms with Crippen molar-refractivity contribution in [2.24, 2.45) is 0 Å². The Morgan fingerprint density at radius 2 is 1.81 bits per heavy atom. The molecule has 5 rings (SSSR count). The minimum absolute atomic E-state index is 0.140. The van der Waals surface area contributed by atoms with Crippen LogP contribution in [0, 0.1) is 0 Å². The average molecular weight is 434 g/mol. The Balaban J connectivity index is 1.59. The summed E-state index contributed by atoms with van der Waals surface area (Å²) in [7, 11) is 1.60. The summed E-state index contributed by atoms with van der Waals surface area (Å²) in [6, 6.07) is 14.8. The Bertz CT molecular complexity index is 1130. The van der Waals surface area contributed by atoms with Gasteiger partial charge < -0.3 is 19.0 Å². The fourth-order valence-electron chi connectivity index (χ4n) is 4.90. The lowest BCUT2D eigenvalue weighted by atomic mass is 9.93. The van der Waals surface area contributed by atoms with Crippen molar-refractivity contribution in [3.8, 4) is 17.2 Å². The van der Waals surface area contributed by atoms with E-state index in [1.807, 2.05) is 41.8 Å². The number of anilines is 1. The molecule has 1 N–H and O–H groups in total. The second-order valence-corrected chi connectivity index (χ2v) is 8.73. The molecule has 0 spiro atoms. The van der Waals surface area contributed by atoms with Crippen molar-refractivity contribution in [1.29, 1.82) is 0 Å². The number of carbonyl (C=O) groups excluding carboxylic acids is 2. The fourth-order valence-corrected chi connectivity index (χ4v) is 4.90. The number of nitrogens with one attached hydrogen (secondary N) is 1. The second kappa shape index (κ2) is 7.89. The van der Waals surface area contributed by atoms with E-state index in [4.69, 9.17) is 9.15 Å². The van der Waals surface area contributed by atoms with Crippen molar-refractivity contribution in [2.45, 2.75) is 50.7 Å². The molecule has 2 aromatic heterocycles. The topological polar surface area (TPSA) is 76.7 Å². The first-order chi connectivity index (χ1) is 15.5. The van der Waals surface area contributed by atoms with Gasteiger partial charge in [-0.1, -0.05) is 12.8 Å². The largest absolute Gasteiger partial charge is 0.497 e. The quantitative estimate of drug-likeness (QED) is 0.653. The number of hydrogen-bond donors (Lipinski definition) is 1.